The van der Waals surface area contributed by atoms with Gasteiger partial charge in [0.2, 0.25) is 0 Å². The molecule has 2 aliphatic rings. The molecule has 1 unspecified atom stereocenters. The zero-order valence-electron chi connectivity index (χ0n) is 12.1. The quantitative estimate of drug-likeness (QED) is 0.833. The summed E-state index contributed by atoms with van der Waals surface area (Å²) in [6.07, 6.45) is 6.05. The van der Waals surface area contributed by atoms with Crippen molar-refractivity contribution in [3.63, 3.8) is 0 Å². The van der Waals surface area contributed by atoms with E-state index in [0.717, 1.165) is 31.6 Å². The summed E-state index contributed by atoms with van der Waals surface area (Å²) in [6.45, 7) is 2.17. The number of hydrogen-bond donors (Lipinski definition) is 1. The molecular formula is C14H25NO4S. The van der Waals surface area contributed by atoms with Gasteiger partial charge >= 0.3 is 5.97 Å². The smallest absolute Gasteiger partial charge is 0.317 e. The van der Waals surface area contributed by atoms with Gasteiger partial charge in [0, 0.05) is 12.1 Å². The van der Waals surface area contributed by atoms with E-state index >= 15 is 0 Å². The molecule has 1 atom stereocenters. The SMILES string of the molecule is CCC1CCC(N(CC(=O)O)C2CCS(=O)(=O)C2)CC1. The van der Waals surface area contributed by atoms with Crippen LogP contribution in [0.2, 0.25) is 0 Å². The molecule has 0 radical (unpaired) electrons. The number of carbonyl (C=O) groups is 1. The summed E-state index contributed by atoms with van der Waals surface area (Å²) < 4.78 is 23.3. The van der Waals surface area contributed by atoms with Gasteiger partial charge in [-0.25, -0.2) is 8.42 Å². The topological polar surface area (TPSA) is 74.7 Å². The number of nitrogens with zero attached hydrogens (tertiary/aromatic N) is 1. The number of rotatable bonds is 5. The number of aliphatic carboxylic acids is 1. The van der Waals surface area contributed by atoms with Gasteiger partial charge in [0.1, 0.15) is 0 Å². The largest absolute Gasteiger partial charge is 0.480 e. The predicted octanol–water partition coefficient (Wildman–Crippen LogP) is 1.53. The Kier molecular flexibility index (Phi) is 5.07. The molecule has 0 amide bonds. The fraction of sp³-hybridized carbons (Fsp3) is 0.929. The van der Waals surface area contributed by atoms with E-state index in [1.54, 1.807) is 0 Å². The first kappa shape index (κ1) is 15.8. The second-order valence-electron chi connectivity index (χ2n) is 6.21. The lowest BCUT2D eigenvalue weighted by atomic mass is 9.83. The predicted molar refractivity (Wildman–Crippen MR) is 77.4 cm³/mol. The van der Waals surface area contributed by atoms with Crippen molar-refractivity contribution in [2.24, 2.45) is 5.92 Å². The summed E-state index contributed by atoms with van der Waals surface area (Å²) in [7, 11) is -2.96. The Morgan fingerprint density at radius 2 is 1.80 bits per heavy atom. The first-order valence-corrected chi connectivity index (χ1v) is 9.41. The number of carboxylic acids is 1. The highest BCUT2D eigenvalue weighted by molar-refractivity contribution is 7.91. The van der Waals surface area contributed by atoms with E-state index in [1.807, 2.05) is 4.90 Å². The maximum atomic E-state index is 11.6. The molecule has 0 aromatic heterocycles. The van der Waals surface area contributed by atoms with Gasteiger partial charge in [-0.15, -0.1) is 0 Å². The molecule has 1 saturated carbocycles. The van der Waals surface area contributed by atoms with Crippen LogP contribution < -0.4 is 0 Å². The minimum atomic E-state index is -2.96. The van der Waals surface area contributed by atoms with Crippen LogP contribution in [0.4, 0.5) is 0 Å². The van der Waals surface area contributed by atoms with E-state index in [4.69, 9.17) is 5.11 Å². The first-order valence-electron chi connectivity index (χ1n) is 7.59. The van der Waals surface area contributed by atoms with Crippen molar-refractivity contribution < 1.29 is 18.3 Å². The second-order valence-corrected chi connectivity index (χ2v) is 8.43. The van der Waals surface area contributed by atoms with Gasteiger partial charge in [-0.3, -0.25) is 9.69 Å². The zero-order valence-corrected chi connectivity index (χ0v) is 12.9. The van der Waals surface area contributed by atoms with E-state index in [9.17, 15) is 13.2 Å². The summed E-state index contributed by atoms with van der Waals surface area (Å²) in [5, 5.41) is 9.11. The van der Waals surface area contributed by atoms with Crippen LogP contribution in [-0.2, 0) is 14.6 Å². The van der Waals surface area contributed by atoms with Crippen LogP contribution in [-0.4, -0.2) is 54.5 Å². The standard InChI is InChI=1S/C14H25NO4S/c1-2-11-3-5-12(6-4-11)15(9-14(16)17)13-7-8-20(18,19)10-13/h11-13H,2-10H2,1H3,(H,16,17). The Balaban J connectivity index is 2.03. The van der Waals surface area contributed by atoms with Crippen molar-refractivity contribution in [2.75, 3.05) is 18.1 Å². The lowest BCUT2D eigenvalue weighted by Crippen LogP contribution is -2.48. The number of carboxylic acid groups (broad SMARTS) is 1. The Morgan fingerprint density at radius 1 is 1.15 bits per heavy atom. The van der Waals surface area contributed by atoms with Gasteiger partial charge in [-0.1, -0.05) is 13.3 Å². The highest BCUT2D eigenvalue weighted by atomic mass is 32.2. The van der Waals surface area contributed by atoms with E-state index in [-0.39, 0.29) is 30.1 Å². The lowest BCUT2D eigenvalue weighted by molar-refractivity contribution is -0.139. The summed E-state index contributed by atoms with van der Waals surface area (Å²) in [5.41, 5.74) is 0. The van der Waals surface area contributed by atoms with Gasteiger partial charge in [-0.05, 0) is 38.0 Å². The number of sulfone groups is 1. The Labute approximate surface area is 121 Å². The molecule has 0 aromatic carbocycles. The van der Waals surface area contributed by atoms with Crippen LogP contribution in [0.1, 0.15) is 45.4 Å². The average Bonchev–Trinajstić information content (AvgIpc) is 2.76. The summed E-state index contributed by atoms with van der Waals surface area (Å²) in [4.78, 5) is 13.1. The van der Waals surface area contributed by atoms with Crippen LogP contribution >= 0.6 is 0 Å². The third kappa shape index (κ3) is 3.95. The van der Waals surface area contributed by atoms with Crippen molar-refractivity contribution in [3.8, 4) is 0 Å². The monoisotopic (exact) mass is 303 g/mol. The second kappa shape index (κ2) is 6.43. The van der Waals surface area contributed by atoms with Crippen LogP contribution in [0.5, 0.6) is 0 Å². The minimum absolute atomic E-state index is 0.0261. The van der Waals surface area contributed by atoms with Crippen molar-refractivity contribution >= 4 is 15.8 Å². The highest BCUT2D eigenvalue weighted by Crippen LogP contribution is 2.32. The van der Waals surface area contributed by atoms with Gasteiger partial charge < -0.3 is 5.11 Å². The van der Waals surface area contributed by atoms with Crippen molar-refractivity contribution in [3.05, 3.63) is 0 Å². The van der Waals surface area contributed by atoms with Gasteiger partial charge in [0.25, 0.3) is 0 Å². The zero-order chi connectivity index (χ0) is 14.8. The molecule has 2 fully saturated rings. The summed E-state index contributed by atoms with van der Waals surface area (Å²) >= 11 is 0. The average molecular weight is 303 g/mol. The molecule has 6 heteroatoms. The Hall–Kier alpha value is -0.620. The third-order valence-corrected chi connectivity index (χ3v) is 6.61. The van der Waals surface area contributed by atoms with E-state index < -0.39 is 15.8 Å². The molecule has 5 nitrogen and oxygen atoms in total. The molecule has 1 aliphatic heterocycles. The molecular weight excluding hydrogens is 278 g/mol. The fourth-order valence-corrected chi connectivity index (χ4v) is 5.38. The normalized spacial score (nSPS) is 33.4. The minimum Gasteiger partial charge on any atom is -0.480 e. The maximum Gasteiger partial charge on any atom is 0.317 e. The van der Waals surface area contributed by atoms with Gasteiger partial charge in [-0.2, -0.15) is 0 Å². The van der Waals surface area contributed by atoms with Crippen LogP contribution in [0.3, 0.4) is 0 Å². The molecule has 0 spiro atoms. The summed E-state index contributed by atoms with van der Waals surface area (Å²) in [6, 6.07) is 0.145. The third-order valence-electron chi connectivity index (χ3n) is 4.86. The summed E-state index contributed by atoms with van der Waals surface area (Å²) in [5.74, 6) is 0.240. The highest BCUT2D eigenvalue weighted by Gasteiger charge is 2.37. The Bertz CT molecular complexity index is 440. The van der Waals surface area contributed by atoms with Gasteiger partial charge in [0.15, 0.2) is 9.84 Å². The fourth-order valence-electron chi connectivity index (χ4n) is 3.63. The maximum absolute atomic E-state index is 11.6. The lowest BCUT2D eigenvalue weighted by Gasteiger charge is -2.39. The van der Waals surface area contributed by atoms with Crippen molar-refractivity contribution in [1.82, 2.24) is 4.90 Å². The van der Waals surface area contributed by atoms with Crippen LogP contribution in [0, 0.1) is 5.92 Å². The van der Waals surface area contributed by atoms with Crippen LogP contribution in [0.25, 0.3) is 0 Å². The molecule has 2 rings (SSSR count). The molecule has 1 aliphatic carbocycles. The number of hydrogen-bond acceptors (Lipinski definition) is 4. The molecule has 1 saturated heterocycles. The van der Waals surface area contributed by atoms with E-state index in [2.05, 4.69) is 6.92 Å². The molecule has 0 aromatic rings. The Morgan fingerprint density at radius 3 is 2.25 bits per heavy atom. The molecule has 1 N–H and O–H groups in total. The molecule has 116 valence electrons. The molecule has 1 heterocycles. The van der Waals surface area contributed by atoms with Crippen molar-refractivity contribution in [2.45, 2.75) is 57.5 Å². The van der Waals surface area contributed by atoms with Crippen molar-refractivity contribution in [1.29, 1.82) is 0 Å². The first-order chi connectivity index (χ1) is 9.41. The van der Waals surface area contributed by atoms with E-state index in [0.29, 0.717) is 6.42 Å². The molecule has 0 bridgehead atoms. The van der Waals surface area contributed by atoms with E-state index in [1.165, 1.54) is 6.42 Å². The van der Waals surface area contributed by atoms with Crippen LogP contribution in [0.15, 0.2) is 0 Å². The molecule has 20 heavy (non-hydrogen) atoms. The van der Waals surface area contributed by atoms with Gasteiger partial charge in [0.05, 0.1) is 18.1 Å².